The highest BCUT2D eigenvalue weighted by molar-refractivity contribution is 6.04. The summed E-state index contributed by atoms with van der Waals surface area (Å²) in [7, 11) is 1.57. The molecule has 0 aliphatic carbocycles. The minimum Gasteiger partial charge on any atom is -0.495 e. The Balaban J connectivity index is 1.76. The van der Waals surface area contributed by atoms with Gasteiger partial charge in [-0.25, -0.2) is 0 Å². The number of amides is 2. The number of methoxy groups -OCH3 is 1. The minimum atomic E-state index is -0.433. The molecule has 1 atom stereocenters. The highest BCUT2D eigenvalue weighted by Gasteiger charge is 2.36. The third kappa shape index (κ3) is 4.05. The highest BCUT2D eigenvalue weighted by atomic mass is 16.5. The second-order valence-corrected chi connectivity index (χ2v) is 6.50. The molecule has 1 saturated heterocycles. The number of para-hydroxylation sites is 2. The van der Waals surface area contributed by atoms with Crippen molar-refractivity contribution in [2.24, 2.45) is 5.92 Å². The number of hydrogen-bond donors (Lipinski definition) is 1. The van der Waals surface area contributed by atoms with E-state index in [1.54, 1.807) is 18.1 Å². The van der Waals surface area contributed by atoms with Crippen LogP contribution in [0.25, 0.3) is 0 Å². The normalized spacial score (nSPS) is 16.3. The summed E-state index contributed by atoms with van der Waals surface area (Å²) in [6.07, 6.45) is 0.166. The molecule has 1 aliphatic heterocycles. The monoisotopic (exact) mass is 368 g/mol. The molecule has 27 heavy (non-hydrogen) atoms. The van der Waals surface area contributed by atoms with E-state index in [1.165, 1.54) is 0 Å². The van der Waals surface area contributed by atoms with Crippen LogP contribution < -0.4 is 19.7 Å². The number of hydrogen-bond acceptors (Lipinski definition) is 4. The number of ether oxygens (including phenoxy) is 2. The van der Waals surface area contributed by atoms with Crippen molar-refractivity contribution < 1.29 is 19.1 Å². The number of nitrogens with one attached hydrogen (secondary N) is 1. The Morgan fingerprint density at radius 1 is 1.22 bits per heavy atom. The summed E-state index contributed by atoms with van der Waals surface area (Å²) in [5.41, 5.74) is 2.34. The van der Waals surface area contributed by atoms with Gasteiger partial charge in [-0.3, -0.25) is 9.59 Å². The number of nitrogens with zero attached hydrogens (tertiary/aromatic N) is 1. The van der Waals surface area contributed by atoms with Crippen molar-refractivity contribution >= 4 is 23.2 Å². The first-order valence-corrected chi connectivity index (χ1v) is 9.01. The average Bonchev–Trinajstić information content (AvgIpc) is 3.05. The SMILES string of the molecule is CCOc1ccccc1NC(=O)[C@@H]1CC(=O)N(c2cc(C)ccc2OC)C1. The molecule has 0 spiro atoms. The summed E-state index contributed by atoms with van der Waals surface area (Å²) in [4.78, 5) is 26.9. The van der Waals surface area contributed by atoms with Gasteiger partial charge in [0, 0.05) is 13.0 Å². The second kappa shape index (κ2) is 8.12. The lowest BCUT2D eigenvalue weighted by Gasteiger charge is -2.20. The van der Waals surface area contributed by atoms with Gasteiger partial charge in [0.1, 0.15) is 11.5 Å². The second-order valence-electron chi connectivity index (χ2n) is 6.50. The van der Waals surface area contributed by atoms with Crippen molar-refractivity contribution in [1.29, 1.82) is 0 Å². The van der Waals surface area contributed by atoms with Crippen LogP contribution in [0.1, 0.15) is 18.9 Å². The number of aryl methyl sites for hydroxylation is 1. The van der Waals surface area contributed by atoms with Crippen molar-refractivity contribution in [1.82, 2.24) is 0 Å². The maximum atomic E-state index is 12.7. The summed E-state index contributed by atoms with van der Waals surface area (Å²) in [5, 5.41) is 2.90. The largest absolute Gasteiger partial charge is 0.495 e. The lowest BCUT2D eigenvalue weighted by atomic mass is 10.1. The standard InChI is InChI=1S/C21H24N2O4/c1-4-27-18-8-6-5-7-16(18)22-21(25)15-12-20(24)23(13-15)17-11-14(2)9-10-19(17)26-3/h5-11,15H,4,12-13H2,1-3H3,(H,22,25)/t15-/m1/s1. The molecular weight excluding hydrogens is 344 g/mol. The van der Waals surface area contributed by atoms with E-state index in [2.05, 4.69) is 5.32 Å². The van der Waals surface area contributed by atoms with Crippen LogP contribution in [-0.2, 0) is 9.59 Å². The molecule has 0 radical (unpaired) electrons. The molecule has 6 heteroatoms. The lowest BCUT2D eigenvalue weighted by Crippen LogP contribution is -2.28. The summed E-state index contributed by atoms with van der Waals surface area (Å²) in [5.74, 6) is 0.533. The molecule has 1 aliphatic rings. The molecular formula is C21H24N2O4. The number of carbonyl (C=O) groups is 2. The van der Waals surface area contributed by atoms with Gasteiger partial charge in [-0.2, -0.15) is 0 Å². The van der Waals surface area contributed by atoms with Crippen molar-refractivity contribution in [3.05, 3.63) is 48.0 Å². The fourth-order valence-electron chi connectivity index (χ4n) is 3.21. The lowest BCUT2D eigenvalue weighted by molar-refractivity contribution is -0.122. The van der Waals surface area contributed by atoms with Crippen LogP contribution in [0.2, 0.25) is 0 Å². The van der Waals surface area contributed by atoms with Crippen LogP contribution in [0.15, 0.2) is 42.5 Å². The summed E-state index contributed by atoms with van der Waals surface area (Å²) >= 11 is 0. The number of anilines is 2. The van der Waals surface area contributed by atoms with E-state index >= 15 is 0 Å². The first-order chi connectivity index (χ1) is 13.0. The first-order valence-electron chi connectivity index (χ1n) is 9.01. The topological polar surface area (TPSA) is 67.9 Å². The van der Waals surface area contributed by atoms with Crippen LogP contribution in [0, 0.1) is 12.8 Å². The predicted octanol–water partition coefficient (Wildman–Crippen LogP) is 3.39. The molecule has 0 saturated carbocycles. The Morgan fingerprint density at radius 2 is 2.00 bits per heavy atom. The molecule has 0 aromatic heterocycles. The third-order valence-corrected chi connectivity index (χ3v) is 4.57. The van der Waals surface area contributed by atoms with Gasteiger partial charge in [-0.1, -0.05) is 18.2 Å². The molecule has 1 fully saturated rings. The van der Waals surface area contributed by atoms with E-state index in [9.17, 15) is 9.59 Å². The fourth-order valence-corrected chi connectivity index (χ4v) is 3.21. The Labute approximate surface area is 159 Å². The maximum Gasteiger partial charge on any atom is 0.229 e. The van der Waals surface area contributed by atoms with E-state index < -0.39 is 5.92 Å². The van der Waals surface area contributed by atoms with Crippen LogP contribution in [0.5, 0.6) is 11.5 Å². The Bertz CT molecular complexity index is 850. The van der Waals surface area contributed by atoms with Crippen molar-refractivity contribution in [3.63, 3.8) is 0 Å². The molecule has 2 amide bonds. The number of benzene rings is 2. The van der Waals surface area contributed by atoms with Crippen LogP contribution in [0.4, 0.5) is 11.4 Å². The van der Waals surface area contributed by atoms with E-state index in [0.29, 0.717) is 36.0 Å². The first kappa shape index (κ1) is 18.8. The molecule has 2 aromatic carbocycles. The Kier molecular flexibility index (Phi) is 5.64. The van der Waals surface area contributed by atoms with Gasteiger partial charge in [0.2, 0.25) is 11.8 Å². The highest BCUT2D eigenvalue weighted by Crippen LogP contribution is 2.34. The quantitative estimate of drug-likeness (QED) is 0.849. The molecule has 2 aromatic rings. The van der Waals surface area contributed by atoms with Crippen LogP contribution in [0.3, 0.4) is 0 Å². The van der Waals surface area contributed by atoms with E-state index in [1.807, 2.05) is 50.2 Å². The van der Waals surface area contributed by atoms with E-state index in [-0.39, 0.29) is 18.2 Å². The molecule has 1 heterocycles. The molecule has 0 unspecified atom stereocenters. The Hall–Kier alpha value is -3.02. The van der Waals surface area contributed by atoms with Gasteiger partial charge in [0.05, 0.1) is 31.0 Å². The maximum absolute atomic E-state index is 12.7. The number of carbonyl (C=O) groups excluding carboxylic acids is 2. The van der Waals surface area contributed by atoms with E-state index in [4.69, 9.17) is 9.47 Å². The summed E-state index contributed by atoms with van der Waals surface area (Å²) in [6.45, 7) is 4.68. The summed E-state index contributed by atoms with van der Waals surface area (Å²) in [6, 6.07) is 13.0. The molecule has 0 bridgehead atoms. The van der Waals surface area contributed by atoms with Gasteiger partial charge in [0.15, 0.2) is 0 Å². The van der Waals surface area contributed by atoms with Crippen molar-refractivity contribution in [3.8, 4) is 11.5 Å². The van der Waals surface area contributed by atoms with Crippen molar-refractivity contribution in [2.45, 2.75) is 20.3 Å². The smallest absolute Gasteiger partial charge is 0.229 e. The predicted molar refractivity (Wildman–Crippen MR) is 104 cm³/mol. The molecule has 142 valence electrons. The Morgan fingerprint density at radius 3 is 2.74 bits per heavy atom. The number of rotatable bonds is 6. The van der Waals surface area contributed by atoms with Gasteiger partial charge in [-0.15, -0.1) is 0 Å². The zero-order valence-electron chi connectivity index (χ0n) is 15.8. The zero-order chi connectivity index (χ0) is 19.4. The fraction of sp³-hybridized carbons (Fsp3) is 0.333. The van der Waals surface area contributed by atoms with Gasteiger partial charge in [-0.05, 0) is 43.7 Å². The third-order valence-electron chi connectivity index (χ3n) is 4.57. The average molecular weight is 368 g/mol. The summed E-state index contributed by atoms with van der Waals surface area (Å²) < 4.78 is 10.9. The van der Waals surface area contributed by atoms with Gasteiger partial charge >= 0.3 is 0 Å². The molecule has 6 nitrogen and oxygen atoms in total. The molecule has 1 N–H and O–H groups in total. The minimum absolute atomic E-state index is 0.0860. The van der Waals surface area contributed by atoms with Gasteiger partial charge < -0.3 is 19.7 Å². The van der Waals surface area contributed by atoms with Crippen LogP contribution in [-0.4, -0.2) is 32.1 Å². The van der Waals surface area contributed by atoms with E-state index in [0.717, 1.165) is 5.56 Å². The zero-order valence-corrected chi connectivity index (χ0v) is 15.8. The van der Waals surface area contributed by atoms with Gasteiger partial charge in [0.25, 0.3) is 0 Å². The molecule has 3 rings (SSSR count). The van der Waals surface area contributed by atoms with Crippen molar-refractivity contribution in [2.75, 3.05) is 30.5 Å². The van der Waals surface area contributed by atoms with Crippen LogP contribution >= 0.6 is 0 Å².